The van der Waals surface area contributed by atoms with Crippen LogP contribution in [-0.2, 0) is 19.1 Å². The number of ether oxygens (including phenoxy) is 1. The summed E-state index contributed by atoms with van der Waals surface area (Å²) in [6.07, 6.45) is 3.66. The Hall–Kier alpha value is -1.89. The van der Waals surface area contributed by atoms with Crippen molar-refractivity contribution in [3.63, 3.8) is 0 Å². The molecule has 1 heterocycles. The minimum atomic E-state index is -0.678. The maximum absolute atomic E-state index is 13.6. The van der Waals surface area contributed by atoms with Gasteiger partial charge in [-0.1, -0.05) is 47.6 Å². The van der Waals surface area contributed by atoms with E-state index >= 15 is 0 Å². The van der Waals surface area contributed by atoms with Crippen molar-refractivity contribution in [1.29, 1.82) is 0 Å². The van der Waals surface area contributed by atoms with E-state index in [9.17, 15) is 14.4 Å². The van der Waals surface area contributed by atoms with Crippen molar-refractivity contribution in [3.8, 4) is 0 Å². The molecule has 2 amide bonds. The summed E-state index contributed by atoms with van der Waals surface area (Å²) in [5.41, 5.74) is 0.000687. The molecule has 0 spiro atoms. The normalized spacial score (nSPS) is 22.3. The Bertz CT molecular complexity index is 696. The number of hydrogen-bond acceptors (Lipinski definition) is 5. The largest absolute Gasteiger partial charge is 0.463 e. The Balaban J connectivity index is 3.12. The number of nitrogens with zero attached hydrogens (tertiary/aromatic N) is 2. The number of carbonyl (C=O) groups is 3. The number of nitrogens with one attached hydrogen (secondary N) is 1. The van der Waals surface area contributed by atoms with Crippen molar-refractivity contribution in [3.05, 3.63) is 11.6 Å². The summed E-state index contributed by atoms with van der Waals surface area (Å²) >= 11 is 0. The zero-order valence-corrected chi connectivity index (χ0v) is 21.8. The van der Waals surface area contributed by atoms with Gasteiger partial charge in [0.15, 0.2) is 0 Å². The van der Waals surface area contributed by atoms with Crippen LogP contribution in [-0.4, -0.2) is 73.0 Å². The molecular weight excluding hydrogens is 406 g/mol. The lowest BCUT2D eigenvalue weighted by atomic mass is 9.84. The van der Waals surface area contributed by atoms with Crippen LogP contribution in [0.15, 0.2) is 11.6 Å². The zero-order chi connectivity index (χ0) is 24.8. The van der Waals surface area contributed by atoms with E-state index < -0.39 is 11.5 Å². The molecule has 184 valence electrons. The predicted octanol–water partition coefficient (Wildman–Crippen LogP) is 3.24. The molecule has 0 bridgehead atoms. The van der Waals surface area contributed by atoms with Gasteiger partial charge in [-0.05, 0) is 57.5 Å². The second-order valence-corrected chi connectivity index (χ2v) is 10.7. The third-order valence-corrected chi connectivity index (χ3v) is 6.33. The summed E-state index contributed by atoms with van der Waals surface area (Å²) in [5.74, 6) is -0.0807. The number of esters is 1. The van der Waals surface area contributed by atoms with E-state index in [2.05, 4.69) is 17.1 Å². The van der Waals surface area contributed by atoms with E-state index in [1.165, 1.54) is 0 Å². The zero-order valence-electron chi connectivity index (χ0n) is 21.8. The Morgan fingerprint density at radius 3 is 2.34 bits per heavy atom. The Morgan fingerprint density at radius 2 is 1.84 bits per heavy atom. The van der Waals surface area contributed by atoms with Gasteiger partial charge in [0.25, 0.3) is 0 Å². The highest BCUT2D eigenvalue weighted by Crippen LogP contribution is 2.26. The molecule has 1 rings (SSSR count). The monoisotopic (exact) mass is 451 g/mol. The van der Waals surface area contributed by atoms with Crippen LogP contribution in [0, 0.1) is 17.3 Å². The van der Waals surface area contributed by atoms with Crippen LogP contribution in [0.3, 0.4) is 0 Å². The summed E-state index contributed by atoms with van der Waals surface area (Å²) in [7, 11) is 3.70. The highest BCUT2D eigenvalue weighted by molar-refractivity contribution is 5.91. The first-order valence-corrected chi connectivity index (χ1v) is 11.8. The first-order chi connectivity index (χ1) is 14.7. The second-order valence-electron chi connectivity index (χ2n) is 10.7. The summed E-state index contributed by atoms with van der Waals surface area (Å²) in [4.78, 5) is 42.6. The second kappa shape index (κ2) is 11.8. The molecule has 1 unspecified atom stereocenters. The Morgan fingerprint density at radius 1 is 1.25 bits per heavy atom. The van der Waals surface area contributed by atoms with E-state index in [4.69, 9.17) is 4.74 Å². The molecule has 7 heteroatoms. The van der Waals surface area contributed by atoms with Gasteiger partial charge in [-0.15, -0.1) is 0 Å². The standard InChI is InChI=1S/C25H45N3O4/c1-11-32-24(31)18(5)15-19(16(2)3)28(10)23(30)21(25(6,7)8)26-22(29)20-14-17(4)12-13-27(20)9/h15-17,19-21H,11-14H2,1-10H3,(H,26,29)/t17-,19+,20?,21+/m0/s1. The molecule has 1 saturated heterocycles. The average Bonchev–Trinajstić information content (AvgIpc) is 2.69. The van der Waals surface area contributed by atoms with Gasteiger partial charge in [-0.2, -0.15) is 0 Å². The summed E-state index contributed by atoms with van der Waals surface area (Å²) in [6.45, 7) is 16.7. The van der Waals surface area contributed by atoms with Crippen LogP contribution >= 0.6 is 0 Å². The lowest BCUT2D eigenvalue weighted by Crippen LogP contribution is -2.60. The van der Waals surface area contributed by atoms with Crippen molar-refractivity contribution in [2.75, 3.05) is 27.2 Å². The molecule has 0 radical (unpaired) electrons. The maximum Gasteiger partial charge on any atom is 0.333 e. The number of piperidine rings is 1. The Kier molecular flexibility index (Phi) is 10.4. The number of likely N-dealkylation sites (N-methyl/N-ethyl adjacent to an activating group) is 2. The van der Waals surface area contributed by atoms with E-state index in [-0.39, 0.29) is 35.8 Å². The van der Waals surface area contributed by atoms with Crippen molar-refractivity contribution in [2.45, 2.75) is 86.4 Å². The van der Waals surface area contributed by atoms with Crippen LogP contribution in [0.1, 0.15) is 68.2 Å². The van der Waals surface area contributed by atoms with Crippen LogP contribution in [0.2, 0.25) is 0 Å². The van der Waals surface area contributed by atoms with Crippen molar-refractivity contribution < 1.29 is 19.1 Å². The lowest BCUT2D eigenvalue weighted by Gasteiger charge is -2.40. The van der Waals surface area contributed by atoms with E-state index in [1.54, 1.807) is 31.9 Å². The van der Waals surface area contributed by atoms with Gasteiger partial charge in [0.05, 0.1) is 18.7 Å². The number of carbonyl (C=O) groups excluding carboxylic acids is 3. The van der Waals surface area contributed by atoms with Gasteiger partial charge in [0, 0.05) is 12.6 Å². The third-order valence-electron chi connectivity index (χ3n) is 6.33. The molecule has 1 aliphatic heterocycles. The number of rotatable bonds is 8. The average molecular weight is 452 g/mol. The van der Waals surface area contributed by atoms with Gasteiger partial charge in [-0.25, -0.2) is 4.79 Å². The number of hydrogen-bond donors (Lipinski definition) is 1. The highest BCUT2D eigenvalue weighted by atomic mass is 16.5. The minimum absolute atomic E-state index is 0.0787. The number of amides is 2. The first kappa shape index (κ1) is 28.1. The SMILES string of the molecule is CCOC(=O)C(C)=C[C@H](C(C)C)N(C)C(=O)[C@@H](NC(=O)C1C[C@@H](C)CCN1C)C(C)(C)C. The summed E-state index contributed by atoms with van der Waals surface area (Å²) < 4.78 is 5.09. The van der Waals surface area contributed by atoms with E-state index in [1.807, 2.05) is 41.7 Å². The molecule has 32 heavy (non-hydrogen) atoms. The molecule has 0 aliphatic carbocycles. The van der Waals surface area contributed by atoms with Gasteiger partial charge >= 0.3 is 5.97 Å². The molecule has 0 aromatic rings. The third kappa shape index (κ3) is 7.61. The van der Waals surface area contributed by atoms with Crippen LogP contribution in [0.25, 0.3) is 0 Å². The quantitative estimate of drug-likeness (QED) is 0.453. The molecule has 1 fully saturated rings. The highest BCUT2D eigenvalue weighted by Gasteiger charge is 2.39. The molecule has 7 nitrogen and oxygen atoms in total. The fourth-order valence-electron chi connectivity index (χ4n) is 4.12. The molecule has 0 aromatic heterocycles. The molecule has 0 saturated carbocycles. The summed E-state index contributed by atoms with van der Waals surface area (Å²) in [5, 5.41) is 3.06. The smallest absolute Gasteiger partial charge is 0.333 e. The first-order valence-electron chi connectivity index (χ1n) is 11.8. The number of likely N-dealkylation sites (tertiary alicyclic amines) is 1. The Labute approximate surface area is 194 Å². The van der Waals surface area contributed by atoms with Gasteiger partial charge in [0.1, 0.15) is 6.04 Å². The van der Waals surface area contributed by atoms with Gasteiger partial charge in [0.2, 0.25) is 11.8 Å². The molecule has 4 atom stereocenters. The fourth-order valence-corrected chi connectivity index (χ4v) is 4.12. The van der Waals surface area contributed by atoms with E-state index in [0.29, 0.717) is 18.1 Å². The predicted molar refractivity (Wildman–Crippen MR) is 128 cm³/mol. The van der Waals surface area contributed by atoms with Crippen LogP contribution < -0.4 is 5.32 Å². The van der Waals surface area contributed by atoms with Crippen LogP contribution in [0.5, 0.6) is 0 Å². The van der Waals surface area contributed by atoms with Gasteiger partial charge < -0.3 is 15.0 Å². The van der Waals surface area contributed by atoms with Gasteiger partial charge in [-0.3, -0.25) is 14.5 Å². The van der Waals surface area contributed by atoms with Crippen molar-refractivity contribution >= 4 is 17.8 Å². The molecule has 1 aliphatic rings. The van der Waals surface area contributed by atoms with Crippen molar-refractivity contribution in [2.24, 2.45) is 17.3 Å². The minimum Gasteiger partial charge on any atom is -0.463 e. The van der Waals surface area contributed by atoms with Crippen LogP contribution in [0.4, 0.5) is 0 Å². The lowest BCUT2D eigenvalue weighted by molar-refractivity contribution is -0.142. The van der Waals surface area contributed by atoms with Crippen molar-refractivity contribution in [1.82, 2.24) is 15.1 Å². The fraction of sp³-hybridized carbons (Fsp3) is 0.800. The molecule has 1 N–H and O–H groups in total. The van der Waals surface area contributed by atoms with E-state index in [0.717, 1.165) is 19.4 Å². The maximum atomic E-state index is 13.6. The summed E-state index contributed by atoms with van der Waals surface area (Å²) in [6, 6.07) is -1.21. The molecular formula is C25H45N3O4. The molecule has 0 aromatic carbocycles. The topological polar surface area (TPSA) is 79.0 Å².